The molecule has 1 amide bonds. The average molecular weight is 361 g/mol. The predicted octanol–water partition coefficient (Wildman–Crippen LogP) is 4.90. The number of hydrogen-bond donors (Lipinski definition) is 3. The molecule has 2 heterocycles. The van der Waals surface area contributed by atoms with Crippen LogP contribution in [0.4, 0.5) is 5.69 Å². The fourth-order valence-electron chi connectivity index (χ4n) is 3.08. The summed E-state index contributed by atoms with van der Waals surface area (Å²) in [4.78, 5) is 31.4. The molecule has 0 aliphatic heterocycles. The SMILES string of the molecule is CC.Cc1cc2c(C)c[nH]c2cc1NC(=O)c1c[nH]c2ccccc2c1=O. The predicted molar refractivity (Wildman–Crippen MR) is 112 cm³/mol. The lowest BCUT2D eigenvalue weighted by Crippen LogP contribution is -2.22. The molecule has 2 aromatic carbocycles. The lowest BCUT2D eigenvalue weighted by molar-refractivity contribution is 0.102. The van der Waals surface area contributed by atoms with Gasteiger partial charge in [-0.15, -0.1) is 0 Å². The van der Waals surface area contributed by atoms with Crippen LogP contribution in [0.5, 0.6) is 0 Å². The van der Waals surface area contributed by atoms with Crippen molar-refractivity contribution >= 4 is 33.4 Å². The zero-order valence-electron chi connectivity index (χ0n) is 15.9. The van der Waals surface area contributed by atoms with Crippen molar-refractivity contribution in [1.82, 2.24) is 9.97 Å². The summed E-state index contributed by atoms with van der Waals surface area (Å²) in [5, 5.41) is 4.48. The molecule has 4 aromatic rings. The van der Waals surface area contributed by atoms with Gasteiger partial charge in [0.25, 0.3) is 5.91 Å². The first-order valence-corrected chi connectivity index (χ1v) is 9.04. The highest BCUT2D eigenvalue weighted by Crippen LogP contribution is 2.25. The second-order valence-electron chi connectivity index (χ2n) is 6.22. The maximum Gasteiger partial charge on any atom is 0.261 e. The normalized spacial score (nSPS) is 10.5. The molecule has 0 bridgehead atoms. The van der Waals surface area contributed by atoms with Crippen LogP contribution in [0.2, 0.25) is 0 Å². The van der Waals surface area contributed by atoms with E-state index in [2.05, 4.69) is 15.3 Å². The highest BCUT2D eigenvalue weighted by Gasteiger charge is 2.14. The number of fused-ring (bicyclic) bond motifs is 2. The highest BCUT2D eigenvalue weighted by atomic mass is 16.2. The van der Waals surface area contributed by atoms with Crippen LogP contribution in [0.25, 0.3) is 21.8 Å². The van der Waals surface area contributed by atoms with E-state index in [1.165, 1.54) is 6.20 Å². The molecule has 138 valence electrons. The van der Waals surface area contributed by atoms with E-state index in [1.807, 2.05) is 58.2 Å². The number of carbonyl (C=O) groups is 1. The van der Waals surface area contributed by atoms with Crippen LogP contribution in [0.15, 0.2) is 53.6 Å². The number of amides is 1. The maximum absolute atomic E-state index is 12.6. The first kappa shape index (κ1) is 18.5. The maximum atomic E-state index is 12.6. The van der Waals surface area contributed by atoms with Crippen molar-refractivity contribution in [3.63, 3.8) is 0 Å². The van der Waals surface area contributed by atoms with Crippen molar-refractivity contribution in [2.24, 2.45) is 0 Å². The number of hydrogen-bond acceptors (Lipinski definition) is 2. The molecule has 0 saturated heterocycles. The Morgan fingerprint density at radius 3 is 2.37 bits per heavy atom. The molecule has 0 radical (unpaired) electrons. The Hall–Kier alpha value is -3.34. The third-order valence-electron chi connectivity index (χ3n) is 4.51. The number of nitrogens with one attached hydrogen (secondary N) is 3. The van der Waals surface area contributed by atoms with Crippen molar-refractivity contribution in [1.29, 1.82) is 0 Å². The van der Waals surface area contributed by atoms with E-state index in [1.54, 1.807) is 12.1 Å². The van der Waals surface area contributed by atoms with Crippen molar-refractivity contribution in [2.75, 3.05) is 5.32 Å². The standard InChI is InChI=1S/C20H17N3O2.C2H6/c1-11-7-14-12(2)9-21-18(14)8-17(11)23-20(25)15-10-22-16-6-4-3-5-13(16)19(15)24;1-2/h3-10,21H,1-2H3,(H,22,24)(H,23,25);1-2H3. The topological polar surface area (TPSA) is 77.8 Å². The molecule has 0 saturated carbocycles. The second-order valence-corrected chi connectivity index (χ2v) is 6.22. The van der Waals surface area contributed by atoms with Crippen molar-refractivity contribution in [2.45, 2.75) is 27.7 Å². The minimum absolute atomic E-state index is 0.0980. The minimum Gasteiger partial charge on any atom is -0.361 e. The molecule has 3 N–H and O–H groups in total. The molecule has 2 aromatic heterocycles. The highest BCUT2D eigenvalue weighted by molar-refractivity contribution is 6.07. The third kappa shape index (κ3) is 3.36. The molecule has 5 heteroatoms. The molecule has 0 aliphatic carbocycles. The Bertz CT molecular complexity index is 1190. The van der Waals surface area contributed by atoms with Crippen LogP contribution < -0.4 is 10.7 Å². The number of H-pyrrole nitrogens is 2. The Morgan fingerprint density at radius 1 is 0.889 bits per heavy atom. The number of aromatic amines is 2. The molecule has 0 atom stereocenters. The second kappa shape index (κ2) is 7.50. The molecular formula is C22H23N3O2. The van der Waals surface area contributed by atoms with Gasteiger partial charge in [-0.05, 0) is 49.2 Å². The number of aryl methyl sites for hydroxylation is 2. The number of carbonyl (C=O) groups excluding carboxylic acids is 1. The van der Waals surface area contributed by atoms with Gasteiger partial charge in [0.2, 0.25) is 5.43 Å². The van der Waals surface area contributed by atoms with Gasteiger partial charge >= 0.3 is 0 Å². The fourth-order valence-corrected chi connectivity index (χ4v) is 3.08. The van der Waals surface area contributed by atoms with Crippen LogP contribution in [0.1, 0.15) is 35.3 Å². The summed E-state index contributed by atoms with van der Waals surface area (Å²) in [7, 11) is 0. The largest absolute Gasteiger partial charge is 0.361 e. The number of para-hydroxylation sites is 1. The van der Waals surface area contributed by atoms with Gasteiger partial charge in [0.05, 0.1) is 0 Å². The number of anilines is 1. The quantitative estimate of drug-likeness (QED) is 0.475. The van der Waals surface area contributed by atoms with E-state index >= 15 is 0 Å². The van der Waals surface area contributed by atoms with E-state index < -0.39 is 5.91 Å². The minimum atomic E-state index is -0.419. The molecule has 27 heavy (non-hydrogen) atoms. The third-order valence-corrected chi connectivity index (χ3v) is 4.51. The van der Waals surface area contributed by atoms with Gasteiger partial charge in [-0.1, -0.05) is 26.0 Å². The Morgan fingerprint density at radius 2 is 1.59 bits per heavy atom. The van der Waals surface area contributed by atoms with Gasteiger partial charge in [0, 0.05) is 39.9 Å². The van der Waals surface area contributed by atoms with Gasteiger partial charge < -0.3 is 15.3 Å². The smallest absolute Gasteiger partial charge is 0.261 e. The molecule has 0 aliphatic rings. The van der Waals surface area contributed by atoms with Crippen LogP contribution in [0.3, 0.4) is 0 Å². The van der Waals surface area contributed by atoms with Gasteiger partial charge in [-0.25, -0.2) is 0 Å². The Balaban J connectivity index is 0.00000102. The monoisotopic (exact) mass is 361 g/mol. The summed E-state index contributed by atoms with van der Waals surface area (Å²) in [6.45, 7) is 7.97. The number of aromatic nitrogens is 2. The summed E-state index contributed by atoms with van der Waals surface area (Å²) in [6, 6.07) is 11.1. The van der Waals surface area contributed by atoms with E-state index in [-0.39, 0.29) is 11.0 Å². The summed E-state index contributed by atoms with van der Waals surface area (Å²) in [5.41, 5.74) is 4.27. The molecule has 4 rings (SSSR count). The molecule has 0 spiro atoms. The van der Waals surface area contributed by atoms with Crippen LogP contribution in [-0.4, -0.2) is 15.9 Å². The lowest BCUT2D eigenvalue weighted by atomic mass is 10.1. The summed E-state index contributed by atoms with van der Waals surface area (Å²) < 4.78 is 0. The van der Waals surface area contributed by atoms with Gasteiger partial charge in [-0.2, -0.15) is 0 Å². The van der Waals surface area contributed by atoms with Crippen molar-refractivity contribution < 1.29 is 4.79 Å². The zero-order chi connectivity index (χ0) is 19.6. The van der Waals surface area contributed by atoms with Crippen molar-refractivity contribution in [3.05, 3.63) is 75.7 Å². The van der Waals surface area contributed by atoms with E-state index in [9.17, 15) is 9.59 Å². The van der Waals surface area contributed by atoms with Crippen LogP contribution >= 0.6 is 0 Å². The van der Waals surface area contributed by atoms with Crippen molar-refractivity contribution in [3.8, 4) is 0 Å². The van der Waals surface area contributed by atoms with Gasteiger partial charge in [0.15, 0.2) is 0 Å². The van der Waals surface area contributed by atoms with E-state index in [0.29, 0.717) is 16.6 Å². The number of pyridine rings is 1. The van der Waals surface area contributed by atoms with Gasteiger partial charge in [0.1, 0.15) is 5.56 Å². The Kier molecular flexibility index (Phi) is 5.12. The number of benzene rings is 2. The molecule has 0 unspecified atom stereocenters. The van der Waals surface area contributed by atoms with Crippen LogP contribution in [0, 0.1) is 13.8 Å². The molecule has 5 nitrogen and oxygen atoms in total. The molecular weight excluding hydrogens is 338 g/mol. The first-order valence-electron chi connectivity index (χ1n) is 9.04. The fraction of sp³-hybridized carbons (Fsp3) is 0.182. The summed E-state index contributed by atoms with van der Waals surface area (Å²) in [5.74, 6) is -0.419. The molecule has 0 fully saturated rings. The summed E-state index contributed by atoms with van der Waals surface area (Å²) in [6.07, 6.45) is 3.40. The zero-order valence-corrected chi connectivity index (χ0v) is 15.9. The first-order chi connectivity index (χ1) is 13.0. The van der Waals surface area contributed by atoms with Crippen LogP contribution in [-0.2, 0) is 0 Å². The van der Waals surface area contributed by atoms with Gasteiger partial charge in [-0.3, -0.25) is 9.59 Å². The van der Waals surface area contributed by atoms with E-state index in [4.69, 9.17) is 0 Å². The van der Waals surface area contributed by atoms with E-state index in [0.717, 1.165) is 22.0 Å². The lowest BCUT2D eigenvalue weighted by Gasteiger charge is -2.09. The summed E-state index contributed by atoms with van der Waals surface area (Å²) >= 11 is 0. The average Bonchev–Trinajstić information content (AvgIpc) is 3.04. The Labute approximate surface area is 157 Å². The number of rotatable bonds is 2.